The predicted molar refractivity (Wildman–Crippen MR) is 137 cm³/mol. The quantitative estimate of drug-likeness (QED) is 0.437. The highest BCUT2D eigenvalue weighted by Gasteiger charge is 2.27. The second-order valence-electron chi connectivity index (χ2n) is 9.65. The van der Waals surface area contributed by atoms with Gasteiger partial charge in [-0.3, -0.25) is 9.89 Å². The maximum atomic E-state index is 4.97. The van der Waals surface area contributed by atoms with Gasteiger partial charge in [0.1, 0.15) is 5.54 Å². The maximum absolute atomic E-state index is 4.97. The lowest BCUT2D eigenvalue weighted by molar-refractivity contribution is 0.139. The number of aromatic nitrogens is 1. The van der Waals surface area contributed by atoms with Crippen molar-refractivity contribution in [1.82, 2.24) is 9.88 Å². The summed E-state index contributed by atoms with van der Waals surface area (Å²) in [5, 5.41) is 0. The summed E-state index contributed by atoms with van der Waals surface area (Å²) in [6.45, 7) is 6.41. The Balaban J connectivity index is 1.30. The van der Waals surface area contributed by atoms with Crippen LogP contribution in [0.3, 0.4) is 0 Å². The molecule has 2 aliphatic rings. The number of likely N-dealkylation sites (tertiary alicyclic amines) is 1. The van der Waals surface area contributed by atoms with Gasteiger partial charge < -0.3 is 0 Å². The standard InChI is InChI=1S/C30H33N3/c1-23-18-19-30(2,32-23)29-13-8-12-28(31-29)26-16-14-24(15-17-26)21-27-11-6-7-20-33(27)22-25-9-4-3-5-10-25/h3-5,8-10,12-19,27H,6-7,11,20-22H2,1-2H3. The molecule has 2 unspecified atom stereocenters. The van der Waals surface area contributed by atoms with Gasteiger partial charge in [0.2, 0.25) is 0 Å². The van der Waals surface area contributed by atoms with Crippen molar-refractivity contribution >= 4 is 5.71 Å². The number of allylic oxidation sites excluding steroid dienone is 1. The van der Waals surface area contributed by atoms with Crippen LogP contribution in [0.1, 0.15) is 49.9 Å². The van der Waals surface area contributed by atoms with Crippen LogP contribution in [0.15, 0.2) is 89.9 Å². The SMILES string of the molecule is CC1=NC(C)(c2cccc(-c3ccc(CC4CCCCN4Cc4ccccc4)cc3)n2)C=C1. The second-order valence-corrected chi connectivity index (χ2v) is 9.65. The Morgan fingerprint density at radius 1 is 0.909 bits per heavy atom. The highest BCUT2D eigenvalue weighted by Crippen LogP contribution is 2.31. The molecule has 33 heavy (non-hydrogen) atoms. The lowest BCUT2D eigenvalue weighted by Crippen LogP contribution is -2.40. The summed E-state index contributed by atoms with van der Waals surface area (Å²) in [6, 6.07) is 26.8. The van der Waals surface area contributed by atoms with Gasteiger partial charge in [-0.2, -0.15) is 0 Å². The number of rotatable bonds is 6. The zero-order valence-corrected chi connectivity index (χ0v) is 19.7. The van der Waals surface area contributed by atoms with Crippen LogP contribution in [0.25, 0.3) is 11.3 Å². The van der Waals surface area contributed by atoms with Gasteiger partial charge in [-0.05, 0) is 75.1 Å². The van der Waals surface area contributed by atoms with Crippen molar-refractivity contribution in [2.24, 2.45) is 4.99 Å². The van der Waals surface area contributed by atoms with Crippen molar-refractivity contribution in [3.63, 3.8) is 0 Å². The topological polar surface area (TPSA) is 28.5 Å². The normalized spacial score (nSPS) is 23.0. The highest BCUT2D eigenvalue weighted by molar-refractivity contribution is 5.95. The van der Waals surface area contributed by atoms with Crippen molar-refractivity contribution in [3.05, 3.63) is 102 Å². The van der Waals surface area contributed by atoms with E-state index in [0.717, 1.165) is 35.6 Å². The first-order valence-corrected chi connectivity index (χ1v) is 12.2. The molecule has 0 saturated carbocycles. The van der Waals surface area contributed by atoms with Crippen LogP contribution in [-0.2, 0) is 18.5 Å². The Labute approximate surface area is 197 Å². The lowest BCUT2D eigenvalue weighted by Gasteiger charge is -2.36. The van der Waals surface area contributed by atoms with Gasteiger partial charge in [0.15, 0.2) is 0 Å². The summed E-state index contributed by atoms with van der Waals surface area (Å²) in [4.78, 5) is 12.4. The Morgan fingerprint density at radius 3 is 2.48 bits per heavy atom. The Kier molecular flexibility index (Phi) is 6.24. The molecule has 0 amide bonds. The molecule has 3 heteroatoms. The average molecular weight is 436 g/mol. The van der Waals surface area contributed by atoms with Crippen LogP contribution in [0.5, 0.6) is 0 Å². The smallest absolute Gasteiger partial charge is 0.118 e. The van der Waals surface area contributed by atoms with E-state index >= 15 is 0 Å². The van der Waals surface area contributed by atoms with Crippen molar-refractivity contribution in [2.45, 2.75) is 57.7 Å². The molecule has 5 rings (SSSR count). The molecule has 0 N–H and O–H groups in total. The first-order valence-electron chi connectivity index (χ1n) is 12.2. The Bertz CT molecular complexity index is 1150. The summed E-state index contributed by atoms with van der Waals surface area (Å²) in [7, 11) is 0. The maximum Gasteiger partial charge on any atom is 0.118 e. The van der Waals surface area contributed by atoms with E-state index in [1.54, 1.807) is 0 Å². The molecular weight excluding hydrogens is 402 g/mol. The Hall–Kier alpha value is -3.04. The zero-order valence-electron chi connectivity index (χ0n) is 19.7. The van der Waals surface area contributed by atoms with E-state index in [2.05, 4.69) is 96.8 Å². The molecule has 1 aromatic heterocycles. The molecule has 0 radical (unpaired) electrons. The van der Waals surface area contributed by atoms with Gasteiger partial charge in [0.05, 0.1) is 11.4 Å². The van der Waals surface area contributed by atoms with Crippen LogP contribution >= 0.6 is 0 Å². The molecule has 2 aromatic carbocycles. The molecule has 168 valence electrons. The largest absolute Gasteiger partial charge is 0.296 e. The van der Waals surface area contributed by atoms with Crippen LogP contribution in [0.4, 0.5) is 0 Å². The van der Waals surface area contributed by atoms with Crippen molar-refractivity contribution in [3.8, 4) is 11.3 Å². The molecule has 2 atom stereocenters. The average Bonchev–Trinajstić information content (AvgIpc) is 3.21. The minimum Gasteiger partial charge on any atom is -0.296 e. The third kappa shape index (κ3) is 4.99. The summed E-state index contributed by atoms with van der Waals surface area (Å²) < 4.78 is 0. The minimum atomic E-state index is -0.358. The van der Waals surface area contributed by atoms with Gasteiger partial charge in [-0.1, -0.05) is 67.1 Å². The number of hydrogen-bond acceptors (Lipinski definition) is 3. The second kappa shape index (κ2) is 9.44. The van der Waals surface area contributed by atoms with E-state index in [1.165, 1.54) is 36.9 Å². The van der Waals surface area contributed by atoms with E-state index in [-0.39, 0.29) is 5.54 Å². The van der Waals surface area contributed by atoms with Crippen LogP contribution in [0, 0.1) is 0 Å². The lowest BCUT2D eigenvalue weighted by atomic mass is 9.94. The number of aliphatic imine (C=N–C) groups is 1. The van der Waals surface area contributed by atoms with Crippen LogP contribution < -0.4 is 0 Å². The molecule has 3 aromatic rings. The monoisotopic (exact) mass is 435 g/mol. The molecule has 0 bridgehead atoms. The summed E-state index contributed by atoms with van der Waals surface area (Å²) in [5.41, 5.74) is 6.69. The molecule has 3 nitrogen and oxygen atoms in total. The van der Waals surface area contributed by atoms with Gasteiger partial charge in [-0.15, -0.1) is 0 Å². The molecular formula is C30H33N3. The highest BCUT2D eigenvalue weighted by atomic mass is 15.2. The number of benzene rings is 2. The Morgan fingerprint density at radius 2 is 1.73 bits per heavy atom. The fourth-order valence-electron chi connectivity index (χ4n) is 5.14. The van der Waals surface area contributed by atoms with Crippen LogP contribution in [0.2, 0.25) is 0 Å². The number of pyridine rings is 1. The van der Waals surface area contributed by atoms with Gasteiger partial charge >= 0.3 is 0 Å². The fourth-order valence-corrected chi connectivity index (χ4v) is 5.14. The summed E-state index contributed by atoms with van der Waals surface area (Å²) in [5.74, 6) is 0. The van der Waals surface area contributed by atoms with E-state index in [1.807, 2.05) is 6.92 Å². The molecule has 1 fully saturated rings. The molecule has 1 saturated heterocycles. The van der Waals surface area contributed by atoms with E-state index in [0.29, 0.717) is 6.04 Å². The first kappa shape index (κ1) is 21.8. The van der Waals surface area contributed by atoms with E-state index < -0.39 is 0 Å². The number of nitrogens with zero attached hydrogens (tertiary/aromatic N) is 3. The molecule has 2 aliphatic heterocycles. The van der Waals surface area contributed by atoms with Gasteiger partial charge in [0, 0.05) is 23.9 Å². The number of hydrogen-bond donors (Lipinski definition) is 0. The van der Waals surface area contributed by atoms with Gasteiger partial charge in [0.25, 0.3) is 0 Å². The molecule has 0 spiro atoms. The number of piperidine rings is 1. The first-order chi connectivity index (χ1) is 16.1. The van der Waals surface area contributed by atoms with Crippen molar-refractivity contribution in [2.75, 3.05) is 6.54 Å². The van der Waals surface area contributed by atoms with Crippen molar-refractivity contribution < 1.29 is 0 Å². The third-order valence-corrected chi connectivity index (χ3v) is 7.02. The molecule has 3 heterocycles. The zero-order chi connectivity index (χ0) is 22.7. The minimum absolute atomic E-state index is 0.358. The van der Waals surface area contributed by atoms with E-state index in [4.69, 9.17) is 9.98 Å². The predicted octanol–water partition coefficient (Wildman–Crippen LogP) is 6.59. The summed E-state index contributed by atoms with van der Waals surface area (Å²) >= 11 is 0. The van der Waals surface area contributed by atoms with E-state index in [9.17, 15) is 0 Å². The van der Waals surface area contributed by atoms with Crippen molar-refractivity contribution in [1.29, 1.82) is 0 Å². The van der Waals surface area contributed by atoms with Crippen LogP contribution in [-0.4, -0.2) is 28.2 Å². The third-order valence-electron chi connectivity index (χ3n) is 7.02. The van der Waals surface area contributed by atoms with Gasteiger partial charge in [-0.25, -0.2) is 4.98 Å². The summed E-state index contributed by atoms with van der Waals surface area (Å²) in [6.07, 6.45) is 9.25. The molecule has 0 aliphatic carbocycles. The fraction of sp³-hybridized carbons (Fsp3) is 0.333.